The van der Waals surface area contributed by atoms with E-state index in [2.05, 4.69) is 12.1 Å². The van der Waals surface area contributed by atoms with Gasteiger partial charge in [0, 0.05) is 32.0 Å². The van der Waals surface area contributed by atoms with Crippen molar-refractivity contribution >= 4 is 17.3 Å². The van der Waals surface area contributed by atoms with Crippen LogP contribution in [0.15, 0.2) is 65.8 Å². The van der Waals surface area contributed by atoms with Gasteiger partial charge < -0.3 is 9.64 Å². The first-order valence-electron chi connectivity index (χ1n) is 10.1. The number of para-hydroxylation sites is 1. The van der Waals surface area contributed by atoms with Crippen LogP contribution in [0.2, 0.25) is 0 Å². The van der Waals surface area contributed by atoms with Gasteiger partial charge in [-0.25, -0.2) is 0 Å². The van der Waals surface area contributed by atoms with Gasteiger partial charge in [-0.15, -0.1) is 0 Å². The summed E-state index contributed by atoms with van der Waals surface area (Å²) in [6, 6.07) is 20.4. The van der Waals surface area contributed by atoms with Gasteiger partial charge in [0.15, 0.2) is 0 Å². The highest BCUT2D eigenvalue weighted by molar-refractivity contribution is 6.39. The third-order valence-electron chi connectivity index (χ3n) is 5.53. The van der Waals surface area contributed by atoms with Crippen molar-refractivity contribution in [2.24, 2.45) is 11.0 Å². The summed E-state index contributed by atoms with van der Waals surface area (Å²) in [7, 11) is 0. The first-order valence-corrected chi connectivity index (χ1v) is 10.1. The average molecular weight is 377 g/mol. The second-order valence-electron chi connectivity index (χ2n) is 7.43. The molecule has 5 nitrogen and oxygen atoms in total. The zero-order valence-electron chi connectivity index (χ0n) is 16.3. The molecule has 0 saturated carbocycles. The first kappa shape index (κ1) is 18.7. The van der Waals surface area contributed by atoms with Crippen LogP contribution in [0.3, 0.4) is 0 Å². The topological polar surface area (TPSA) is 45.1 Å². The summed E-state index contributed by atoms with van der Waals surface area (Å²) in [5, 5.41) is 6.78. The van der Waals surface area contributed by atoms with Crippen molar-refractivity contribution in [3.63, 3.8) is 0 Å². The Morgan fingerprint density at radius 3 is 2.50 bits per heavy atom. The third-order valence-corrected chi connectivity index (χ3v) is 5.53. The Balaban J connectivity index is 1.58. The molecule has 146 valence electrons. The van der Waals surface area contributed by atoms with Crippen LogP contribution in [0.4, 0.5) is 5.69 Å². The van der Waals surface area contributed by atoms with Crippen LogP contribution in [0.5, 0.6) is 0 Å². The molecule has 2 aromatic rings. The number of hydrogen-bond donors (Lipinski definition) is 0. The van der Waals surface area contributed by atoms with E-state index < -0.39 is 0 Å². The molecule has 2 unspecified atom stereocenters. The van der Waals surface area contributed by atoms with Crippen LogP contribution < -0.4 is 5.01 Å². The maximum absolute atomic E-state index is 13.2. The van der Waals surface area contributed by atoms with E-state index in [4.69, 9.17) is 9.84 Å². The quantitative estimate of drug-likeness (QED) is 0.767. The van der Waals surface area contributed by atoms with Gasteiger partial charge in [0.2, 0.25) is 0 Å². The fourth-order valence-electron chi connectivity index (χ4n) is 3.97. The van der Waals surface area contributed by atoms with Crippen LogP contribution >= 0.6 is 0 Å². The molecule has 0 N–H and O–H groups in total. The number of amides is 1. The van der Waals surface area contributed by atoms with E-state index in [-0.39, 0.29) is 11.9 Å². The molecule has 2 aliphatic heterocycles. The Hall–Kier alpha value is -2.66. The Kier molecular flexibility index (Phi) is 5.72. The van der Waals surface area contributed by atoms with Gasteiger partial charge in [-0.3, -0.25) is 9.80 Å². The van der Waals surface area contributed by atoms with E-state index in [1.165, 1.54) is 5.56 Å². The molecule has 2 atom stereocenters. The molecule has 1 amide bonds. The molecule has 1 saturated heterocycles. The van der Waals surface area contributed by atoms with Crippen molar-refractivity contribution < 1.29 is 9.53 Å². The molecular weight excluding hydrogens is 350 g/mol. The van der Waals surface area contributed by atoms with Crippen LogP contribution in [0.1, 0.15) is 31.4 Å². The number of anilines is 1. The van der Waals surface area contributed by atoms with Gasteiger partial charge in [0.1, 0.15) is 5.71 Å². The van der Waals surface area contributed by atoms with Crippen molar-refractivity contribution in [1.82, 2.24) is 4.90 Å². The molecule has 0 aliphatic carbocycles. The Morgan fingerprint density at radius 1 is 1.14 bits per heavy atom. The van der Waals surface area contributed by atoms with Crippen LogP contribution in [-0.4, -0.2) is 42.8 Å². The van der Waals surface area contributed by atoms with Crippen molar-refractivity contribution in [2.75, 3.05) is 31.3 Å². The number of carbonyl (C=O) groups excluding carboxylic acids is 1. The molecule has 2 aromatic carbocycles. The van der Waals surface area contributed by atoms with Crippen molar-refractivity contribution in [3.05, 3.63) is 66.2 Å². The Labute approximate surface area is 166 Å². The Bertz CT molecular complexity index is 816. The van der Waals surface area contributed by atoms with Crippen molar-refractivity contribution in [3.8, 4) is 0 Å². The van der Waals surface area contributed by atoms with E-state index in [9.17, 15) is 4.79 Å². The maximum atomic E-state index is 13.2. The SMILES string of the molecule is CCN(CC1CCOC1)C(=O)C1=NN(c2ccccc2)C(c2ccccc2)C1. The molecular formula is C23H27N3O2. The van der Waals surface area contributed by atoms with Crippen molar-refractivity contribution in [2.45, 2.75) is 25.8 Å². The highest BCUT2D eigenvalue weighted by Gasteiger charge is 2.34. The molecule has 28 heavy (non-hydrogen) atoms. The van der Waals surface area contributed by atoms with Crippen LogP contribution in [0, 0.1) is 5.92 Å². The number of hydrazone groups is 1. The summed E-state index contributed by atoms with van der Waals surface area (Å²) in [5.41, 5.74) is 2.81. The lowest BCUT2D eigenvalue weighted by Crippen LogP contribution is -2.39. The van der Waals surface area contributed by atoms with Crippen molar-refractivity contribution in [1.29, 1.82) is 0 Å². The summed E-state index contributed by atoms with van der Waals surface area (Å²) < 4.78 is 5.48. The molecule has 0 aromatic heterocycles. The summed E-state index contributed by atoms with van der Waals surface area (Å²) >= 11 is 0. The number of benzene rings is 2. The van der Waals surface area contributed by atoms with Gasteiger partial charge >= 0.3 is 0 Å². The lowest BCUT2D eigenvalue weighted by atomic mass is 10.0. The average Bonchev–Trinajstić information content (AvgIpc) is 3.43. The highest BCUT2D eigenvalue weighted by Crippen LogP contribution is 2.35. The molecule has 0 spiro atoms. The second-order valence-corrected chi connectivity index (χ2v) is 7.43. The lowest BCUT2D eigenvalue weighted by Gasteiger charge is -2.24. The standard InChI is InChI=1S/C23H27N3O2/c1-2-25(16-18-13-14-28-17-18)23(27)21-15-22(19-9-5-3-6-10-19)26(24-21)20-11-7-4-8-12-20/h3-12,18,22H,2,13-17H2,1H3. The number of carbonyl (C=O) groups is 1. The zero-order chi connectivity index (χ0) is 19.3. The van der Waals surface area contributed by atoms with E-state index >= 15 is 0 Å². The zero-order valence-corrected chi connectivity index (χ0v) is 16.3. The monoisotopic (exact) mass is 377 g/mol. The van der Waals surface area contributed by atoms with Crippen LogP contribution in [0.25, 0.3) is 0 Å². The van der Waals surface area contributed by atoms with E-state index in [1.54, 1.807) is 0 Å². The van der Waals surface area contributed by atoms with Gasteiger partial charge in [-0.2, -0.15) is 5.10 Å². The normalized spacial score (nSPS) is 21.6. The summed E-state index contributed by atoms with van der Waals surface area (Å²) in [6.45, 7) is 5.02. The molecule has 4 rings (SSSR count). The van der Waals surface area contributed by atoms with Gasteiger partial charge in [0.25, 0.3) is 5.91 Å². The minimum Gasteiger partial charge on any atom is -0.381 e. The summed E-state index contributed by atoms with van der Waals surface area (Å²) in [4.78, 5) is 15.2. The summed E-state index contributed by atoms with van der Waals surface area (Å²) in [5.74, 6) is 0.481. The minimum absolute atomic E-state index is 0.0380. The molecule has 5 heteroatoms. The molecule has 0 radical (unpaired) electrons. The molecule has 2 aliphatic rings. The van der Waals surface area contributed by atoms with Gasteiger partial charge in [0.05, 0.1) is 18.3 Å². The van der Waals surface area contributed by atoms with Gasteiger partial charge in [-0.1, -0.05) is 48.5 Å². The molecule has 1 fully saturated rings. The lowest BCUT2D eigenvalue weighted by molar-refractivity contribution is -0.124. The van der Waals surface area contributed by atoms with E-state index in [0.717, 1.165) is 31.9 Å². The molecule has 2 heterocycles. The van der Waals surface area contributed by atoms with Gasteiger partial charge in [-0.05, 0) is 31.0 Å². The van der Waals surface area contributed by atoms with E-state index in [1.807, 2.05) is 65.4 Å². The number of ether oxygens (including phenoxy) is 1. The smallest absolute Gasteiger partial charge is 0.270 e. The second kappa shape index (κ2) is 8.57. The molecule has 0 bridgehead atoms. The minimum atomic E-state index is 0.0380. The number of rotatable bonds is 6. The largest absolute Gasteiger partial charge is 0.381 e. The summed E-state index contributed by atoms with van der Waals surface area (Å²) in [6.07, 6.45) is 1.65. The van der Waals surface area contributed by atoms with Crippen LogP contribution in [-0.2, 0) is 9.53 Å². The highest BCUT2D eigenvalue weighted by atomic mass is 16.5. The number of nitrogens with zero attached hydrogens (tertiary/aromatic N) is 3. The first-order chi connectivity index (χ1) is 13.8. The predicted molar refractivity (Wildman–Crippen MR) is 111 cm³/mol. The number of hydrogen-bond acceptors (Lipinski definition) is 4. The van der Waals surface area contributed by atoms with E-state index in [0.29, 0.717) is 24.6 Å². The Morgan fingerprint density at radius 2 is 1.86 bits per heavy atom. The maximum Gasteiger partial charge on any atom is 0.270 e. The fraction of sp³-hybridized carbons (Fsp3) is 0.391. The third kappa shape index (κ3) is 3.94. The fourth-order valence-corrected chi connectivity index (χ4v) is 3.97. The predicted octanol–water partition coefficient (Wildman–Crippen LogP) is 3.88.